The summed E-state index contributed by atoms with van der Waals surface area (Å²) in [5.74, 6) is 0.310. The minimum absolute atomic E-state index is 0.310. The maximum atomic E-state index is 9.61. The molecule has 0 saturated carbocycles. The molecule has 0 aliphatic heterocycles. The minimum atomic E-state index is 0.310. The van der Waals surface area contributed by atoms with Crippen molar-refractivity contribution in [3.05, 3.63) is 77.4 Å². The molecule has 102 valence electrons. The Morgan fingerprint density at radius 1 is 0.900 bits per heavy atom. The quantitative estimate of drug-likeness (QED) is 0.859. The number of hydrogen-bond acceptors (Lipinski definition) is 2. The molecule has 0 atom stereocenters. The predicted octanol–water partition coefficient (Wildman–Crippen LogP) is 3.97. The zero-order valence-corrected chi connectivity index (χ0v) is 11.4. The largest absolute Gasteiger partial charge is 0.507 e. The van der Waals surface area contributed by atoms with Gasteiger partial charge in [-0.25, -0.2) is 0 Å². The van der Waals surface area contributed by atoms with E-state index in [-0.39, 0.29) is 0 Å². The molecule has 0 saturated heterocycles. The molecular weight excluding hydrogens is 246 g/mol. The topological polar surface area (TPSA) is 46.2 Å². The molecule has 0 amide bonds. The van der Waals surface area contributed by atoms with Crippen molar-refractivity contribution >= 4 is 12.2 Å². The summed E-state index contributed by atoms with van der Waals surface area (Å²) < 4.78 is 0. The van der Waals surface area contributed by atoms with Gasteiger partial charge in [0, 0.05) is 12.1 Å². The predicted molar refractivity (Wildman–Crippen MR) is 85.1 cm³/mol. The molecular formula is C18H19NO. The molecule has 0 aliphatic rings. The van der Waals surface area contributed by atoms with E-state index in [2.05, 4.69) is 24.3 Å². The highest BCUT2D eigenvalue weighted by atomic mass is 16.3. The second-order valence-electron chi connectivity index (χ2n) is 4.54. The number of para-hydroxylation sites is 1. The van der Waals surface area contributed by atoms with Crippen molar-refractivity contribution in [2.24, 2.45) is 5.73 Å². The van der Waals surface area contributed by atoms with Crippen LogP contribution in [0.3, 0.4) is 0 Å². The van der Waals surface area contributed by atoms with Crippen molar-refractivity contribution in [1.29, 1.82) is 0 Å². The van der Waals surface area contributed by atoms with Gasteiger partial charge in [-0.2, -0.15) is 0 Å². The number of nitrogens with two attached hydrogens (primary N) is 1. The van der Waals surface area contributed by atoms with Gasteiger partial charge in [-0.1, -0.05) is 66.8 Å². The minimum Gasteiger partial charge on any atom is -0.507 e. The Bertz CT molecular complexity index is 597. The zero-order valence-electron chi connectivity index (χ0n) is 11.4. The Balaban J connectivity index is 1.88. The molecule has 0 unspecified atom stereocenters. The molecule has 3 N–H and O–H groups in total. The summed E-state index contributed by atoms with van der Waals surface area (Å²) >= 11 is 0. The molecule has 0 aliphatic carbocycles. The first-order valence-electron chi connectivity index (χ1n) is 6.69. The van der Waals surface area contributed by atoms with E-state index < -0.39 is 0 Å². The van der Waals surface area contributed by atoms with Crippen LogP contribution in [0, 0.1) is 0 Å². The molecule has 2 heteroatoms. The summed E-state index contributed by atoms with van der Waals surface area (Å²) in [6, 6.07) is 15.5. The Morgan fingerprint density at radius 2 is 1.60 bits per heavy atom. The summed E-state index contributed by atoms with van der Waals surface area (Å²) in [6.45, 7) is 0.577. The molecule has 0 heterocycles. The average molecular weight is 265 g/mol. The van der Waals surface area contributed by atoms with Crippen LogP contribution in [0.1, 0.15) is 23.1 Å². The van der Waals surface area contributed by atoms with Gasteiger partial charge in [0.25, 0.3) is 0 Å². The molecule has 2 nitrogen and oxygen atoms in total. The van der Waals surface area contributed by atoms with Crippen LogP contribution in [0.5, 0.6) is 5.75 Å². The van der Waals surface area contributed by atoms with E-state index in [4.69, 9.17) is 5.73 Å². The van der Waals surface area contributed by atoms with Crippen molar-refractivity contribution in [1.82, 2.24) is 0 Å². The van der Waals surface area contributed by atoms with Crippen LogP contribution in [0.15, 0.2) is 60.7 Å². The molecule has 2 aromatic carbocycles. The van der Waals surface area contributed by atoms with E-state index >= 15 is 0 Å². The van der Waals surface area contributed by atoms with Crippen LogP contribution in [0.4, 0.5) is 0 Å². The molecule has 2 rings (SSSR count). The lowest BCUT2D eigenvalue weighted by atomic mass is 10.1. The molecule has 2 aromatic rings. The van der Waals surface area contributed by atoms with Gasteiger partial charge >= 0.3 is 0 Å². The lowest BCUT2D eigenvalue weighted by molar-refractivity contribution is 0.474. The molecule has 0 radical (unpaired) electrons. The van der Waals surface area contributed by atoms with Gasteiger partial charge in [-0.15, -0.1) is 0 Å². The standard InChI is InChI=1S/C18H19NO/c19-14-16-12-10-15(11-13-16)6-2-1-3-7-17-8-4-5-9-18(17)20/h2-13,20H,1,14,19H2. The van der Waals surface area contributed by atoms with Crippen LogP contribution in [0.25, 0.3) is 12.2 Å². The van der Waals surface area contributed by atoms with Crippen molar-refractivity contribution in [3.8, 4) is 5.75 Å². The van der Waals surface area contributed by atoms with E-state index in [9.17, 15) is 5.11 Å². The van der Waals surface area contributed by atoms with Gasteiger partial charge in [0.05, 0.1) is 0 Å². The van der Waals surface area contributed by atoms with E-state index in [0.717, 1.165) is 23.1 Å². The number of benzene rings is 2. The number of phenols is 1. The summed E-state index contributed by atoms with van der Waals surface area (Å²) in [5, 5.41) is 9.61. The van der Waals surface area contributed by atoms with Gasteiger partial charge in [-0.05, 0) is 23.6 Å². The summed E-state index contributed by atoms with van der Waals surface area (Å²) in [7, 11) is 0. The van der Waals surface area contributed by atoms with Crippen molar-refractivity contribution < 1.29 is 5.11 Å². The summed E-state index contributed by atoms with van der Waals surface area (Å²) in [4.78, 5) is 0. The number of allylic oxidation sites excluding steroid dienone is 2. The van der Waals surface area contributed by atoms with Crippen molar-refractivity contribution in [2.75, 3.05) is 0 Å². The second-order valence-corrected chi connectivity index (χ2v) is 4.54. The van der Waals surface area contributed by atoms with E-state index in [1.165, 1.54) is 0 Å². The van der Waals surface area contributed by atoms with Crippen LogP contribution >= 0.6 is 0 Å². The Morgan fingerprint density at radius 3 is 2.30 bits per heavy atom. The fourth-order valence-electron chi connectivity index (χ4n) is 1.87. The van der Waals surface area contributed by atoms with E-state index in [0.29, 0.717) is 12.3 Å². The van der Waals surface area contributed by atoms with E-state index in [1.807, 2.05) is 42.5 Å². The van der Waals surface area contributed by atoms with Gasteiger partial charge in [-0.3, -0.25) is 0 Å². The van der Waals surface area contributed by atoms with Gasteiger partial charge in [0.2, 0.25) is 0 Å². The smallest absolute Gasteiger partial charge is 0.122 e. The van der Waals surface area contributed by atoms with Gasteiger partial charge in [0.15, 0.2) is 0 Å². The number of hydrogen-bond donors (Lipinski definition) is 2. The zero-order chi connectivity index (χ0) is 14.2. The number of phenolic OH excluding ortho intramolecular Hbond substituents is 1. The van der Waals surface area contributed by atoms with Crippen LogP contribution in [-0.4, -0.2) is 5.11 Å². The Hall–Kier alpha value is -2.32. The highest BCUT2D eigenvalue weighted by Crippen LogP contribution is 2.17. The van der Waals surface area contributed by atoms with Crippen LogP contribution in [-0.2, 0) is 6.54 Å². The van der Waals surface area contributed by atoms with Crippen LogP contribution < -0.4 is 5.73 Å². The Labute approximate surface area is 119 Å². The number of rotatable bonds is 5. The normalized spacial score (nSPS) is 11.4. The van der Waals surface area contributed by atoms with E-state index in [1.54, 1.807) is 6.07 Å². The molecule has 20 heavy (non-hydrogen) atoms. The van der Waals surface area contributed by atoms with Gasteiger partial charge in [0.1, 0.15) is 5.75 Å². The first kappa shape index (κ1) is 14.1. The van der Waals surface area contributed by atoms with Crippen molar-refractivity contribution in [3.63, 3.8) is 0 Å². The lowest BCUT2D eigenvalue weighted by Crippen LogP contribution is -1.94. The molecule has 0 bridgehead atoms. The van der Waals surface area contributed by atoms with Gasteiger partial charge < -0.3 is 10.8 Å². The SMILES string of the molecule is NCc1ccc(C=CCC=Cc2ccccc2O)cc1. The molecule has 0 fully saturated rings. The monoisotopic (exact) mass is 265 g/mol. The summed E-state index contributed by atoms with van der Waals surface area (Å²) in [5.41, 5.74) is 8.71. The fourth-order valence-corrected chi connectivity index (χ4v) is 1.87. The maximum absolute atomic E-state index is 9.61. The third-order valence-corrected chi connectivity index (χ3v) is 3.03. The highest BCUT2D eigenvalue weighted by Gasteiger charge is 1.92. The highest BCUT2D eigenvalue weighted by molar-refractivity contribution is 5.57. The number of aromatic hydroxyl groups is 1. The fraction of sp³-hybridized carbons (Fsp3) is 0.111. The average Bonchev–Trinajstić information content (AvgIpc) is 2.49. The maximum Gasteiger partial charge on any atom is 0.122 e. The molecule has 0 aromatic heterocycles. The van der Waals surface area contributed by atoms with Crippen LogP contribution in [0.2, 0.25) is 0 Å². The Kier molecular flexibility index (Phi) is 5.15. The third kappa shape index (κ3) is 4.11. The first-order chi connectivity index (χ1) is 9.79. The second kappa shape index (κ2) is 7.31. The summed E-state index contributed by atoms with van der Waals surface area (Å²) in [6.07, 6.45) is 8.95. The first-order valence-corrected chi connectivity index (χ1v) is 6.69. The van der Waals surface area contributed by atoms with Crippen molar-refractivity contribution in [2.45, 2.75) is 13.0 Å². The molecule has 0 spiro atoms. The third-order valence-electron chi connectivity index (χ3n) is 3.03. The lowest BCUT2D eigenvalue weighted by Gasteiger charge is -1.97.